The Morgan fingerprint density at radius 2 is 2.10 bits per heavy atom. The monoisotopic (exact) mass is 268 g/mol. The maximum Gasteiger partial charge on any atom is 0.125 e. The van der Waals surface area contributed by atoms with Crippen molar-refractivity contribution in [3.05, 3.63) is 59.7 Å². The van der Waals surface area contributed by atoms with Crippen molar-refractivity contribution < 1.29 is 0 Å². The molecule has 0 bridgehead atoms. The van der Waals surface area contributed by atoms with Gasteiger partial charge in [-0.2, -0.15) is 0 Å². The van der Waals surface area contributed by atoms with Crippen LogP contribution in [0.2, 0.25) is 0 Å². The molecule has 1 aromatic carbocycles. The predicted octanol–water partition coefficient (Wildman–Crippen LogP) is 1.93. The quantitative estimate of drug-likeness (QED) is 0.923. The molecule has 0 saturated carbocycles. The lowest BCUT2D eigenvalue weighted by Crippen LogP contribution is -2.45. The fourth-order valence-electron chi connectivity index (χ4n) is 2.74. The van der Waals surface area contributed by atoms with Crippen molar-refractivity contribution in [2.45, 2.75) is 19.5 Å². The molecule has 0 amide bonds. The summed E-state index contributed by atoms with van der Waals surface area (Å²) in [6, 6.07) is 13.1. The van der Waals surface area contributed by atoms with E-state index >= 15 is 0 Å². The average molecular weight is 268 g/mol. The minimum atomic E-state index is 0.417. The summed E-state index contributed by atoms with van der Waals surface area (Å²) in [7, 11) is 0. The minimum Gasteiger partial charge on any atom is -0.314 e. The number of rotatable bonds is 3. The van der Waals surface area contributed by atoms with Crippen molar-refractivity contribution in [2.75, 3.05) is 19.6 Å². The predicted molar refractivity (Wildman–Crippen MR) is 79.2 cm³/mol. The average Bonchev–Trinajstić information content (AvgIpc) is 2.49. The van der Waals surface area contributed by atoms with Gasteiger partial charge in [-0.1, -0.05) is 30.3 Å². The van der Waals surface area contributed by atoms with Crippen LogP contribution in [0.5, 0.6) is 0 Å². The highest BCUT2D eigenvalue weighted by Crippen LogP contribution is 2.23. The number of hydrogen-bond donors (Lipinski definition) is 1. The second-order valence-electron chi connectivity index (χ2n) is 5.20. The second kappa shape index (κ2) is 6.11. The van der Waals surface area contributed by atoms with Gasteiger partial charge in [0, 0.05) is 38.4 Å². The molecule has 1 N–H and O–H groups in total. The third-order valence-corrected chi connectivity index (χ3v) is 3.74. The lowest BCUT2D eigenvalue weighted by atomic mass is 10.0. The van der Waals surface area contributed by atoms with E-state index in [1.165, 1.54) is 5.56 Å². The largest absolute Gasteiger partial charge is 0.314 e. The minimum absolute atomic E-state index is 0.417. The van der Waals surface area contributed by atoms with Gasteiger partial charge in [0.25, 0.3) is 0 Å². The first kappa shape index (κ1) is 13.2. The third kappa shape index (κ3) is 3.03. The number of piperazine rings is 1. The molecular weight excluding hydrogens is 248 g/mol. The van der Waals surface area contributed by atoms with Crippen LogP contribution in [0.15, 0.2) is 42.6 Å². The SMILES string of the molecule is Cc1nccc(CN2CCNC[C@@H]2c2ccccc2)n1. The number of aromatic nitrogens is 2. The highest BCUT2D eigenvalue weighted by Gasteiger charge is 2.23. The molecule has 4 heteroatoms. The standard InChI is InChI=1S/C16H20N4/c1-13-18-8-7-15(19-13)12-20-10-9-17-11-16(20)14-5-3-2-4-6-14/h2-8,16-17H,9-12H2,1H3/t16-/m1/s1. The fraction of sp³-hybridized carbons (Fsp3) is 0.375. The molecular formula is C16H20N4. The molecule has 1 aliphatic rings. The molecule has 2 heterocycles. The number of aryl methyl sites for hydroxylation is 1. The van der Waals surface area contributed by atoms with Gasteiger partial charge < -0.3 is 5.32 Å². The molecule has 3 rings (SSSR count). The Kier molecular flexibility index (Phi) is 4.04. The van der Waals surface area contributed by atoms with Gasteiger partial charge in [0.15, 0.2) is 0 Å². The Morgan fingerprint density at radius 3 is 2.90 bits per heavy atom. The molecule has 1 aromatic heterocycles. The first-order chi connectivity index (χ1) is 9.83. The summed E-state index contributed by atoms with van der Waals surface area (Å²) in [5, 5.41) is 3.49. The summed E-state index contributed by atoms with van der Waals surface area (Å²) < 4.78 is 0. The van der Waals surface area contributed by atoms with E-state index in [1.807, 2.05) is 19.2 Å². The zero-order chi connectivity index (χ0) is 13.8. The van der Waals surface area contributed by atoms with Crippen LogP contribution in [0.4, 0.5) is 0 Å². The van der Waals surface area contributed by atoms with Gasteiger partial charge in [-0.05, 0) is 18.6 Å². The van der Waals surface area contributed by atoms with Crippen LogP contribution in [0.25, 0.3) is 0 Å². The van der Waals surface area contributed by atoms with Crippen molar-refractivity contribution in [1.29, 1.82) is 0 Å². The molecule has 104 valence electrons. The Hall–Kier alpha value is -1.78. The molecule has 1 fully saturated rings. The van der Waals surface area contributed by atoms with E-state index in [1.54, 1.807) is 0 Å². The maximum absolute atomic E-state index is 4.52. The molecule has 4 nitrogen and oxygen atoms in total. The molecule has 0 unspecified atom stereocenters. The number of nitrogens with zero attached hydrogens (tertiary/aromatic N) is 3. The van der Waals surface area contributed by atoms with Gasteiger partial charge in [0.05, 0.1) is 5.69 Å². The van der Waals surface area contributed by atoms with Gasteiger partial charge in [0.1, 0.15) is 5.82 Å². The highest BCUT2D eigenvalue weighted by atomic mass is 15.2. The summed E-state index contributed by atoms with van der Waals surface area (Å²) in [4.78, 5) is 11.2. The maximum atomic E-state index is 4.52. The zero-order valence-electron chi connectivity index (χ0n) is 11.8. The van der Waals surface area contributed by atoms with Crippen molar-refractivity contribution in [3.63, 3.8) is 0 Å². The van der Waals surface area contributed by atoms with Gasteiger partial charge in [-0.15, -0.1) is 0 Å². The van der Waals surface area contributed by atoms with Crippen LogP contribution in [-0.2, 0) is 6.54 Å². The molecule has 1 atom stereocenters. The Morgan fingerprint density at radius 1 is 1.25 bits per heavy atom. The molecule has 0 aliphatic carbocycles. The Bertz CT molecular complexity index is 555. The van der Waals surface area contributed by atoms with E-state index in [0.29, 0.717) is 6.04 Å². The van der Waals surface area contributed by atoms with Gasteiger partial charge in [-0.25, -0.2) is 9.97 Å². The third-order valence-electron chi connectivity index (χ3n) is 3.74. The molecule has 2 aromatic rings. The first-order valence-electron chi connectivity index (χ1n) is 7.11. The summed E-state index contributed by atoms with van der Waals surface area (Å²) in [6.07, 6.45) is 1.84. The Balaban J connectivity index is 1.79. The molecule has 1 saturated heterocycles. The summed E-state index contributed by atoms with van der Waals surface area (Å²) >= 11 is 0. The van der Waals surface area contributed by atoms with E-state index in [9.17, 15) is 0 Å². The van der Waals surface area contributed by atoms with Crippen molar-refractivity contribution >= 4 is 0 Å². The smallest absolute Gasteiger partial charge is 0.125 e. The number of hydrogen-bond acceptors (Lipinski definition) is 4. The van der Waals surface area contributed by atoms with E-state index in [4.69, 9.17) is 0 Å². The number of benzene rings is 1. The lowest BCUT2D eigenvalue weighted by Gasteiger charge is -2.36. The van der Waals surface area contributed by atoms with Crippen molar-refractivity contribution in [1.82, 2.24) is 20.2 Å². The zero-order valence-corrected chi connectivity index (χ0v) is 11.8. The highest BCUT2D eigenvalue weighted by molar-refractivity contribution is 5.20. The van der Waals surface area contributed by atoms with Crippen LogP contribution in [-0.4, -0.2) is 34.5 Å². The molecule has 0 spiro atoms. The molecule has 20 heavy (non-hydrogen) atoms. The van der Waals surface area contributed by atoms with Crippen LogP contribution in [0, 0.1) is 6.92 Å². The van der Waals surface area contributed by atoms with Crippen LogP contribution in [0.3, 0.4) is 0 Å². The topological polar surface area (TPSA) is 41.1 Å². The second-order valence-corrected chi connectivity index (χ2v) is 5.20. The van der Waals surface area contributed by atoms with Crippen molar-refractivity contribution in [2.24, 2.45) is 0 Å². The summed E-state index contributed by atoms with van der Waals surface area (Å²) in [5.74, 6) is 0.842. The lowest BCUT2D eigenvalue weighted by molar-refractivity contribution is 0.152. The fourth-order valence-corrected chi connectivity index (χ4v) is 2.74. The van der Waals surface area contributed by atoms with Crippen LogP contribution >= 0.6 is 0 Å². The van der Waals surface area contributed by atoms with Crippen molar-refractivity contribution in [3.8, 4) is 0 Å². The van der Waals surface area contributed by atoms with E-state index in [-0.39, 0.29) is 0 Å². The first-order valence-corrected chi connectivity index (χ1v) is 7.11. The van der Waals surface area contributed by atoms with Gasteiger partial charge in [-0.3, -0.25) is 4.90 Å². The van der Waals surface area contributed by atoms with Gasteiger partial charge >= 0.3 is 0 Å². The summed E-state index contributed by atoms with van der Waals surface area (Å²) in [5.41, 5.74) is 2.46. The number of nitrogens with one attached hydrogen (secondary N) is 1. The van der Waals surface area contributed by atoms with E-state index in [2.05, 4.69) is 50.5 Å². The molecule has 1 aliphatic heterocycles. The van der Waals surface area contributed by atoms with E-state index < -0.39 is 0 Å². The van der Waals surface area contributed by atoms with E-state index in [0.717, 1.165) is 37.7 Å². The van der Waals surface area contributed by atoms with Gasteiger partial charge in [0.2, 0.25) is 0 Å². The molecule has 0 radical (unpaired) electrons. The Labute approximate surface area is 119 Å². The normalized spacial score (nSPS) is 19.9. The van der Waals surface area contributed by atoms with Crippen LogP contribution < -0.4 is 5.32 Å². The van der Waals surface area contributed by atoms with Crippen LogP contribution in [0.1, 0.15) is 23.1 Å². The summed E-state index contributed by atoms with van der Waals surface area (Å²) in [6.45, 7) is 5.89.